The largest absolute Gasteiger partial charge is 0.394 e. The van der Waals surface area contributed by atoms with Crippen LogP contribution in [0.2, 0.25) is 5.02 Å². The molecule has 0 radical (unpaired) electrons. The highest BCUT2D eigenvalue weighted by molar-refractivity contribution is 6.30. The number of aryl methyl sites for hydroxylation is 1. The molecule has 2 aromatic rings. The van der Waals surface area contributed by atoms with E-state index in [4.69, 9.17) is 11.6 Å². The minimum absolute atomic E-state index is 0.171. The molecule has 3 atom stereocenters. The second-order valence-electron chi connectivity index (χ2n) is 7.74. The number of rotatable bonds is 8. The summed E-state index contributed by atoms with van der Waals surface area (Å²) in [6.45, 7) is 10.1. The second-order valence-corrected chi connectivity index (χ2v) is 8.17. The van der Waals surface area contributed by atoms with Crippen molar-refractivity contribution in [2.45, 2.75) is 51.9 Å². The normalized spacial score (nSPS) is 26.0. The first-order chi connectivity index (χ1) is 13.0. The van der Waals surface area contributed by atoms with Gasteiger partial charge in [0.2, 0.25) is 0 Å². The lowest BCUT2D eigenvalue weighted by atomic mass is 9.90. The Balaban J connectivity index is 1.74. The van der Waals surface area contributed by atoms with Crippen LogP contribution >= 0.6 is 11.6 Å². The van der Waals surface area contributed by atoms with Crippen LogP contribution in [0.5, 0.6) is 0 Å². The van der Waals surface area contributed by atoms with Gasteiger partial charge in [0.05, 0.1) is 12.8 Å². The Morgan fingerprint density at radius 1 is 1.26 bits per heavy atom. The zero-order chi connectivity index (χ0) is 19.4. The summed E-state index contributed by atoms with van der Waals surface area (Å²) < 4.78 is 1.95. The molecule has 1 aliphatic heterocycles. The van der Waals surface area contributed by atoms with Gasteiger partial charge in [0.15, 0.2) is 0 Å². The van der Waals surface area contributed by atoms with Crippen molar-refractivity contribution in [2.24, 2.45) is 5.92 Å². The van der Waals surface area contributed by atoms with Gasteiger partial charge in [-0.3, -0.25) is 9.58 Å². The van der Waals surface area contributed by atoms with Crippen molar-refractivity contribution in [3.8, 4) is 0 Å². The van der Waals surface area contributed by atoms with E-state index in [1.807, 2.05) is 23.0 Å². The van der Waals surface area contributed by atoms with Crippen molar-refractivity contribution in [3.05, 3.63) is 52.8 Å². The van der Waals surface area contributed by atoms with Gasteiger partial charge in [0.1, 0.15) is 0 Å². The van der Waals surface area contributed by atoms with E-state index < -0.39 is 0 Å². The average molecular weight is 391 g/mol. The quantitative estimate of drug-likeness (QED) is 0.724. The summed E-state index contributed by atoms with van der Waals surface area (Å²) in [4.78, 5) is 2.44. The summed E-state index contributed by atoms with van der Waals surface area (Å²) in [5.74, 6) is 0.421. The van der Waals surface area contributed by atoms with Crippen molar-refractivity contribution in [1.29, 1.82) is 0 Å². The lowest BCUT2D eigenvalue weighted by molar-refractivity contribution is 0.0579. The highest BCUT2D eigenvalue weighted by Gasteiger charge is 2.47. The molecule has 2 heterocycles. The summed E-state index contributed by atoms with van der Waals surface area (Å²) >= 11 is 6.10. The Kier molecular flexibility index (Phi) is 6.58. The summed E-state index contributed by atoms with van der Waals surface area (Å²) in [6.07, 6.45) is 4.98. The Morgan fingerprint density at radius 3 is 2.59 bits per heavy atom. The fraction of sp³-hybridized carbons (Fsp3) is 0.571. The standard InChI is InChI=1S/C21H31ClN4O/c1-4-25-14-16(12-24-25)11-23-13-18-10-21(3,15-27)26(5-2)20(18)17-6-8-19(22)9-7-17/h6-9,12,14,18,20,23,27H,4-5,10-11,13,15H2,1-3H3/t18-,20+,21+/m1/s1. The Labute approximate surface area is 167 Å². The lowest BCUT2D eigenvalue weighted by Crippen LogP contribution is -2.45. The second kappa shape index (κ2) is 8.74. The summed E-state index contributed by atoms with van der Waals surface area (Å²) in [5, 5.41) is 18.8. The molecule has 1 aromatic carbocycles. The molecule has 27 heavy (non-hydrogen) atoms. The molecule has 0 saturated carbocycles. The Bertz CT molecular complexity index is 732. The van der Waals surface area contributed by atoms with Gasteiger partial charge in [0, 0.05) is 48.0 Å². The molecule has 0 aliphatic carbocycles. The molecule has 1 aliphatic rings. The summed E-state index contributed by atoms with van der Waals surface area (Å²) in [6, 6.07) is 8.44. The number of hydrogen-bond donors (Lipinski definition) is 2. The van der Waals surface area contributed by atoms with E-state index >= 15 is 0 Å². The number of hydrogen-bond acceptors (Lipinski definition) is 4. The SMILES string of the molecule is CCN1[C@@H](c2ccc(Cl)cc2)[C@@H](CNCc2cnn(CC)c2)C[C@@]1(C)CO. The van der Waals surface area contributed by atoms with Gasteiger partial charge in [-0.1, -0.05) is 30.7 Å². The number of benzene rings is 1. The minimum atomic E-state index is -0.196. The van der Waals surface area contributed by atoms with Gasteiger partial charge in [-0.2, -0.15) is 5.10 Å². The molecule has 1 fully saturated rings. The summed E-state index contributed by atoms with van der Waals surface area (Å²) in [7, 11) is 0. The van der Waals surface area contributed by atoms with Crippen LogP contribution in [0.3, 0.4) is 0 Å². The van der Waals surface area contributed by atoms with Crippen molar-refractivity contribution in [3.63, 3.8) is 0 Å². The third-order valence-electron chi connectivity index (χ3n) is 5.82. The smallest absolute Gasteiger partial charge is 0.0613 e. The van der Waals surface area contributed by atoms with Crippen molar-refractivity contribution >= 4 is 11.6 Å². The predicted molar refractivity (Wildman–Crippen MR) is 110 cm³/mol. The number of likely N-dealkylation sites (tertiary alicyclic amines) is 1. The number of aromatic nitrogens is 2. The molecule has 2 N–H and O–H groups in total. The van der Waals surface area contributed by atoms with E-state index in [1.54, 1.807) is 0 Å². The maximum atomic E-state index is 10.1. The molecule has 0 amide bonds. The molecule has 3 rings (SSSR count). The molecule has 1 aromatic heterocycles. The van der Waals surface area contributed by atoms with Crippen molar-refractivity contribution in [1.82, 2.24) is 20.0 Å². The number of aliphatic hydroxyl groups excluding tert-OH is 1. The maximum Gasteiger partial charge on any atom is 0.0613 e. The first kappa shape index (κ1) is 20.3. The molecular weight excluding hydrogens is 360 g/mol. The molecule has 0 spiro atoms. The number of aliphatic hydroxyl groups is 1. The maximum absolute atomic E-state index is 10.1. The third kappa shape index (κ3) is 4.37. The number of likely N-dealkylation sites (N-methyl/N-ethyl adjacent to an activating group) is 1. The van der Waals surface area contributed by atoms with E-state index in [9.17, 15) is 5.11 Å². The lowest BCUT2D eigenvalue weighted by Gasteiger charge is -2.37. The minimum Gasteiger partial charge on any atom is -0.394 e. The van der Waals surface area contributed by atoms with Crippen LogP contribution in [0.15, 0.2) is 36.7 Å². The highest BCUT2D eigenvalue weighted by atomic mass is 35.5. The van der Waals surface area contributed by atoms with Gasteiger partial charge in [-0.05, 0) is 50.4 Å². The van der Waals surface area contributed by atoms with Crippen molar-refractivity contribution < 1.29 is 5.11 Å². The topological polar surface area (TPSA) is 53.3 Å². The fourth-order valence-electron chi connectivity index (χ4n) is 4.49. The molecular formula is C21H31ClN4O. The van der Waals surface area contributed by atoms with Crippen LogP contribution in [0.4, 0.5) is 0 Å². The molecule has 0 bridgehead atoms. The van der Waals surface area contributed by atoms with Gasteiger partial charge in [-0.25, -0.2) is 0 Å². The number of nitrogens with one attached hydrogen (secondary N) is 1. The van der Waals surface area contributed by atoms with E-state index in [0.717, 1.165) is 37.6 Å². The Morgan fingerprint density at radius 2 is 2.00 bits per heavy atom. The number of halogens is 1. The zero-order valence-corrected chi connectivity index (χ0v) is 17.3. The molecule has 6 heteroatoms. The fourth-order valence-corrected chi connectivity index (χ4v) is 4.61. The van der Waals surface area contributed by atoms with Crippen LogP contribution in [0, 0.1) is 5.92 Å². The van der Waals surface area contributed by atoms with Crippen LogP contribution in [0.1, 0.15) is 44.4 Å². The van der Waals surface area contributed by atoms with Crippen LogP contribution in [0.25, 0.3) is 0 Å². The monoisotopic (exact) mass is 390 g/mol. The van der Waals surface area contributed by atoms with E-state index in [2.05, 4.69) is 54.4 Å². The van der Waals surface area contributed by atoms with Crippen LogP contribution in [-0.2, 0) is 13.1 Å². The number of nitrogens with zero attached hydrogens (tertiary/aromatic N) is 3. The van der Waals surface area contributed by atoms with Gasteiger partial charge < -0.3 is 10.4 Å². The highest BCUT2D eigenvalue weighted by Crippen LogP contribution is 2.46. The van der Waals surface area contributed by atoms with Gasteiger partial charge in [-0.15, -0.1) is 0 Å². The molecule has 148 valence electrons. The van der Waals surface area contributed by atoms with Gasteiger partial charge in [0.25, 0.3) is 0 Å². The zero-order valence-electron chi connectivity index (χ0n) is 16.5. The third-order valence-corrected chi connectivity index (χ3v) is 6.07. The first-order valence-electron chi connectivity index (χ1n) is 9.86. The first-order valence-corrected chi connectivity index (χ1v) is 10.2. The Hall–Kier alpha value is -1.40. The van der Waals surface area contributed by atoms with E-state index in [-0.39, 0.29) is 18.2 Å². The predicted octanol–water partition coefficient (Wildman–Crippen LogP) is 3.48. The molecule has 1 saturated heterocycles. The molecule has 5 nitrogen and oxygen atoms in total. The van der Waals surface area contributed by atoms with Crippen LogP contribution in [-0.4, -0.2) is 45.0 Å². The average Bonchev–Trinajstić information content (AvgIpc) is 3.25. The van der Waals surface area contributed by atoms with Crippen molar-refractivity contribution in [2.75, 3.05) is 19.7 Å². The van der Waals surface area contributed by atoms with Gasteiger partial charge >= 0.3 is 0 Å². The summed E-state index contributed by atoms with van der Waals surface area (Å²) in [5.41, 5.74) is 2.28. The van der Waals surface area contributed by atoms with Crippen LogP contribution < -0.4 is 5.32 Å². The van der Waals surface area contributed by atoms with E-state index in [0.29, 0.717) is 5.92 Å². The van der Waals surface area contributed by atoms with E-state index in [1.165, 1.54) is 11.1 Å². The molecule has 0 unspecified atom stereocenters.